The van der Waals surface area contributed by atoms with Crippen LogP contribution in [0.15, 0.2) is 23.0 Å². The van der Waals surface area contributed by atoms with Gasteiger partial charge in [0.2, 0.25) is 0 Å². The number of carbonyl (C=O) groups excluding carboxylic acids is 1. The molecular weight excluding hydrogens is 202 g/mol. The number of rotatable bonds is 5. The minimum Gasteiger partial charge on any atom is -0.472 e. The molecule has 3 heteroatoms. The largest absolute Gasteiger partial charge is 0.472 e. The Morgan fingerprint density at radius 2 is 1.94 bits per heavy atom. The molecule has 0 aliphatic rings. The maximum absolute atomic E-state index is 11.7. The molecule has 1 rings (SSSR count). The number of hydrogen-bond acceptors (Lipinski definition) is 2. The Morgan fingerprint density at radius 3 is 2.38 bits per heavy atom. The van der Waals surface area contributed by atoms with Crippen LogP contribution in [0.2, 0.25) is 0 Å². The lowest BCUT2D eigenvalue weighted by Gasteiger charge is -2.24. The van der Waals surface area contributed by atoms with E-state index >= 15 is 0 Å². The van der Waals surface area contributed by atoms with Gasteiger partial charge >= 0.3 is 0 Å². The van der Waals surface area contributed by atoms with Crippen LogP contribution in [0, 0.1) is 17.8 Å². The molecule has 0 aliphatic carbocycles. The van der Waals surface area contributed by atoms with Gasteiger partial charge in [0.15, 0.2) is 0 Å². The lowest BCUT2D eigenvalue weighted by molar-refractivity contribution is 0.0936. The first-order valence-corrected chi connectivity index (χ1v) is 5.82. The second kappa shape index (κ2) is 5.73. The van der Waals surface area contributed by atoms with Gasteiger partial charge in [-0.2, -0.15) is 0 Å². The van der Waals surface area contributed by atoms with Gasteiger partial charge in [0.25, 0.3) is 5.91 Å². The molecule has 16 heavy (non-hydrogen) atoms. The average Bonchev–Trinajstić information content (AvgIpc) is 2.69. The molecule has 3 nitrogen and oxygen atoms in total. The van der Waals surface area contributed by atoms with Crippen LogP contribution < -0.4 is 5.32 Å². The van der Waals surface area contributed by atoms with Crippen LogP contribution in [0.3, 0.4) is 0 Å². The number of amides is 1. The highest BCUT2D eigenvalue weighted by Crippen LogP contribution is 2.19. The van der Waals surface area contributed by atoms with E-state index in [9.17, 15) is 4.79 Å². The van der Waals surface area contributed by atoms with E-state index < -0.39 is 0 Å². The van der Waals surface area contributed by atoms with E-state index in [4.69, 9.17) is 4.42 Å². The van der Waals surface area contributed by atoms with E-state index in [2.05, 4.69) is 33.0 Å². The van der Waals surface area contributed by atoms with E-state index in [-0.39, 0.29) is 5.91 Å². The van der Waals surface area contributed by atoms with Crippen molar-refractivity contribution in [2.45, 2.75) is 27.7 Å². The molecule has 1 amide bonds. The summed E-state index contributed by atoms with van der Waals surface area (Å²) in [5.41, 5.74) is 0.589. The van der Waals surface area contributed by atoms with Crippen molar-refractivity contribution >= 4 is 5.91 Å². The van der Waals surface area contributed by atoms with Gasteiger partial charge in [-0.05, 0) is 23.8 Å². The number of nitrogens with one attached hydrogen (secondary N) is 1. The molecule has 0 aliphatic heterocycles. The standard InChI is InChI=1S/C13H21NO2/c1-9(2)12(10(3)4)7-14-13(15)11-5-6-16-8-11/h5-6,8-10,12H,7H2,1-4H3,(H,14,15). The van der Waals surface area contributed by atoms with Gasteiger partial charge in [0.1, 0.15) is 6.26 Å². The van der Waals surface area contributed by atoms with Crippen LogP contribution in [-0.4, -0.2) is 12.5 Å². The fourth-order valence-corrected chi connectivity index (χ4v) is 1.95. The van der Waals surface area contributed by atoms with Gasteiger partial charge in [-0.1, -0.05) is 27.7 Å². The van der Waals surface area contributed by atoms with E-state index in [1.54, 1.807) is 6.07 Å². The van der Waals surface area contributed by atoms with Crippen molar-refractivity contribution < 1.29 is 9.21 Å². The first-order chi connectivity index (χ1) is 7.52. The van der Waals surface area contributed by atoms with Crippen LogP contribution >= 0.6 is 0 Å². The Bertz CT molecular complexity index is 307. The molecule has 0 unspecified atom stereocenters. The smallest absolute Gasteiger partial charge is 0.254 e. The molecule has 0 saturated heterocycles. The Balaban J connectivity index is 2.47. The fraction of sp³-hybridized carbons (Fsp3) is 0.615. The summed E-state index contributed by atoms with van der Waals surface area (Å²) in [7, 11) is 0. The minimum absolute atomic E-state index is 0.0555. The van der Waals surface area contributed by atoms with E-state index in [1.807, 2.05) is 0 Å². The molecule has 0 saturated carbocycles. The first-order valence-electron chi connectivity index (χ1n) is 5.82. The van der Waals surface area contributed by atoms with Gasteiger partial charge in [-0.25, -0.2) is 0 Å². The van der Waals surface area contributed by atoms with E-state index in [0.717, 1.165) is 6.54 Å². The topological polar surface area (TPSA) is 42.2 Å². The van der Waals surface area contributed by atoms with Crippen LogP contribution in [0.25, 0.3) is 0 Å². The summed E-state index contributed by atoms with van der Waals surface area (Å²) >= 11 is 0. The predicted octanol–water partition coefficient (Wildman–Crippen LogP) is 2.94. The van der Waals surface area contributed by atoms with Crippen LogP contribution in [0.4, 0.5) is 0 Å². The molecule has 0 spiro atoms. The molecule has 1 heterocycles. The zero-order valence-electron chi connectivity index (χ0n) is 10.5. The lowest BCUT2D eigenvalue weighted by Crippen LogP contribution is -2.33. The summed E-state index contributed by atoms with van der Waals surface area (Å²) in [6.45, 7) is 9.48. The van der Waals surface area contributed by atoms with Gasteiger partial charge in [-0.3, -0.25) is 4.79 Å². The average molecular weight is 223 g/mol. The third-order valence-electron chi connectivity index (χ3n) is 2.99. The Morgan fingerprint density at radius 1 is 1.31 bits per heavy atom. The Hall–Kier alpha value is -1.25. The van der Waals surface area contributed by atoms with Crippen molar-refractivity contribution in [1.82, 2.24) is 5.32 Å². The molecule has 1 N–H and O–H groups in total. The highest BCUT2D eigenvalue weighted by molar-refractivity contribution is 5.93. The summed E-state index contributed by atoms with van der Waals surface area (Å²) < 4.78 is 4.88. The van der Waals surface area contributed by atoms with Crippen LogP contribution in [0.5, 0.6) is 0 Å². The second-order valence-electron chi connectivity index (χ2n) is 4.87. The number of furan rings is 1. The lowest BCUT2D eigenvalue weighted by atomic mass is 9.85. The van der Waals surface area contributed by atoms with Crippen molar-refractivity contribution in [3.63, 3.8) is 0 Å². The predicted molar refractivity (Wildman–Crippen MR) is 64.2 cm³/mol. The monoisotopic (exact) mass is 223 g/mol. The molecule has 0 bridgehead atoms. The second-order valence-corrected chi connectivity index (χ2v) is 4.87. The van der Waals surface area contributed by atoms with Gasteiger partial charge in [0.05, 0.1) is 11.8 Å². The molecule has 1 aromatic heterocycles. The zero-order valence-corrected chi connectivity index (χ0v) is 10.5. The molecule has 1 aromatic rings. The Kier molecular flexibility index (Phi) is 4.59. The van der Waals surface area contributed by atoms with Crippen molar-refractivity contribution in [2.24, 2.45) is 17.8 Å². The third-order valence-corrected chi connectivity index (χ3v) is 2.99. The summed E-state index contributed by atoms with van der Waals surface area (Å²) in [4.78, 5) is 11.7. The van der Waals surface area contributed by atoms with Crippen molar-refractivity contribution in [1.29, 1.82) is 0 Å². The van der Waals surface area contributed by atoms with Gasteiger partial charge in [0, 0.05) is 6.54 Å². The first kappa shape index (κ1) is 12.8. The van der Waals surface area contributed by atoms with Crippen molar-refractivity contribution in [2.75, 3.05) is 6.54 Å². The maximum atomic E-state index is 11.7. The van der Waals surface area contributed by atoms with E-state index in [0.29, 0.717) is 23.3 Å². The number of hydrogen-bond donors (Lipinski definition) is 1. The highest BCUT2D eigenvalue weighted by atomic mass is 16.3. The third kappa shape index (κ3) is 3.40. The quantitative estimate of drug-likeness (QED) is 0.834. The summed E-state index contributed by atoms with van der Waals surface area (Å²) in [6, 6.07) is 1.68. The highest BCUT2D eigenvalue weighted by Gasteiger charge is 2.18. The minimum atomic E-state index is -0.0555. The maximum Gasteiger partial charge on any atom is 0.254 e. The van der Waals surface area contributed by atoms with Gasteiger partial charge < -0.3 is 9.73 Å². The van der Waals surface area contributed by atoms with Crippen molar-refractivity contribution in [3.05, 3.63) is 24.2 Å². The molecule has 0 atom stereocenters. The van der Waals surface area contributed by atoms with E-state index in [1.165, 1.54) is 12.5 Å². The summed E-state index contributed by atoms with van der Waals surface area (Å²) in [5, 5.41) is 2.95. The zero-order chi connectivity index (χ0) is 12.1. The molecule has 0 aromatic carbocycles. The number of carbonyl (C=O) groups is 1. The molecule has 0 radical (unpaired) electrons. The van der Waals surface area contributed by atoms with Crippen LogP contribution in [-0.2, 0) is 0 Å². The molecular formula is C13H21NO2. The summed E-state index contributed by atoms with van der Waals surface area (Å²) in [6.07, 6.45) is 2.98. The Labute approximate surface area is 97.2 Å². The summed E-state index contributed by atoms with van der Waals surface area (Å²) in [5.74, 6) is 1.60. The van der Waals surface area contributed by atoms with Crippen LogP contribution in [0.1, 0.15) is 38.1 Å². The molecule has 0 fully saturated rings. The SMILES string of the molecule is CC(C)C(CNC(=O)c1ccoc1)C(C)C. The van der Waals surface area contributed by atoms with Crippen molar-refractivity contribution in [3.8, 4) is 0 Å². The molecule has 90 valence electrons. The fourth-order valence-electron chi connectivity index (χ4n) is 1.95. The normalized spacial score (nSPS) is 11.4. The van der Waals surface area contributed by atoms with Gasteiger partial charge in [-0.15, -0.1) is 0 Å².